The van der Waals surface area contributed by atoms with Gasteiger partial charge in [-0.1, -0.05) is 32.3 Å². The van der Waals surface area contributed by atoms with Gasteiger partial charge in [-0.05, 0) is 31.0 Å². The summed E-state index contributed by atoms with van der Waals surface area (Å²) in [6.07, 6.45) is 4.80. The van der Waals surface area contributed by atoms with Crippen molar-refractivity contribution >= 4 is 35.9 Å². The van der Waals surface area contributed by atoms with Crippen LogP contribution in [-0.4, -0.2) is 39.2 Å². The quantitative estimate of drug-likeness (QED) is 0.187. The van der Waals surface area contributed by atoms with Gasteiger partial charge < -0.3 is 20.1 Å². The Labute approximate surface area is 174 Å². The Morgan fingerprint density at radius 3 is 2.58 bits per heavy atom. The van der Waals surface area contributed by atoms with Crippen molar-refractivity contribution in [1.29, 1.82) is 0 Å². The second-order valence-electron chi connectivity index (χ2n) is 5.99. The number of hydrogen-bond acceptors (Lipinski definition) is 4. The lowest BCUT2D eigenvalue weighted by Crippen LogP contribution is -2.41. The molecular formula is C19H32IN3O3. The van der Waals surface area contributed by atoms with Gasteiger partial charge in [0.25, 0.3) is 0 Å². The number of benzene rings is 1. The fourth-order valence-electron chi connectivity index (χ4n) is 2.52. The standard InChI is InChI=1S/C19H31N3O3.HI/c1-6-7-8-9-14(2)22-19(20-3)21-13-15-10-11-17(24-4)16(12-15)18(23)25-5;/h10-12,14H,6-9,13H2,1-5H3,(H2,20,21,22);1H. The van der Waals surface area contributed by atoms with Gasteiger partial charge in [0.1, 0.15) is 11.3 Å². The van der Waals surface area contributed by atoms with E-state index in [9.17, 15) is 4.79 Å². The van der Waals surface area contributed by atoms with Crippen LogP contribution in [0.25, 0.3) is 0 Å². The van der Waals surface area contributed by atoms with Gasteiger partial charge in [-0.15, -0.1) is 24.0 Å². The Hall–Kier alpha value is -1.51. The minimum atomic E-state index is -0.411. The Kier molecular flexibility index (Phi) is 12.9. The average molecular weight is 477 g/mol. The van der Waals surface area contributed by atoms with Gasteiger partial charge in [0.2, 0.25) is 0 Å². The Balaban J connectivity index is 0.00000625. The fourth-order valence-corrected chi connectivity index (χ4v) is 2.52. The minimum absolute atomic E-state index is 0. The van der Waals surface area contributed by atoms with Crippen LogP contribution in [0.5, 0.6) is 5.75 Å². The molecule has 7 heteroatoms. The van der Waals surface area contributed by atoms with Crippen molar-refractivity contribution in [2.45, 2.75) is 52.1 Å². The van der Waals surface area contributed by atoms with E-state index < -0.39 is 5.97 Å². The summed E-state index contributed by atoms with van der Waals surface area (Å²) >= 11 is 0. The SMILES string of the molecule is CCCCCC(C)NC(=NC)NCc1ccc(OC)c(C(=O)OC)c1.I. The van der Waals surface area contributed by atoms with Crippen LogP contribution in [0.15, 0.2) is 23.2 Å². The molecule has 2 N–H and O–H groups in total. The van der Waals surface area contributed by atoms with Crippen LogP contribution in [-0.2, 0) is 11.3 Å². The second-order valence-corrected chi connectivity index (χ2v) is 5.99. The zero-order valence-electron chi connectivity index (χ0n) is 16.4. The lowest BCUT2D eigenvalue weighted by molar-refractivity contribution is 0.0597. The van der Waals surface area contributed by atoms with E-state index in [0.717, 1.165) is 17.9 Å². The number of halogens is 1. The maximum absolute atomic E-state index is 11.9. The van der Waals surface area contributed by atoms with Gasteiger partial charge in [0.15, 0.2) is 5.96 Å². The lowest BCUT2D eigenvalue weighted by atomic mass is 10.1. The molecule has 0 saturated heterocycles. The molecule has 1 rings (SSSR count). The molecule has 0 aliphatic rings. The molecule has 6 nitrogen and oxygen atoms in total. The number of hydrogen-bond donors (Lipinski definition) is 2. The number of rotatable bonds is 9. The van der Waals surface area contributed by atoms with Crippen LogP contribution in [0.1, 0.15) is 55.5 Å². The number of methoxy groups -OCH3 is 2. The van der Waals surface area contributed by atoms with Gasteiger partial charge in [0.05, 0.1) is 14.2 Å². The summed E-state index contributed by atoms with van der Waals surface area (Å²) in [5.41, 5.74) is 1.36. The first-order valence-electron chi connectivity index (χ1n) is 8.78. The van der Waals surface area contributed by atoms with E-state index in [4.69, 9.17) is 9.47 Å². The van der Waals surface area contributed by atoms with E-state index in [2.05, 4.69) is 29.5 Å². The molecule has 0 spiro atoms. The maximum atomic E-state index is 11.9. The van der Waals surface area contributed by atoms with Crippen molar-refractivity contribution in [3.8, 4) is 5.75 Å². The molecule has 0 amide bonds. The Bertz CT molecular complexity index is 579. The van der Waals surface area contributed by atoms with Crippen LogP contribution in [0.2, 0.25) is 0 Å². The summed E-state index contributed by atoms with van der Waals surface area (Å²) < 4.78 is 10.0. The molecule has 0 saturated carbocycles. The normalized spacial score (nSPS) is 12.0. The van der Waals surface area contributed by atoms with Crippen molar-refractivity contribution in [2.24, 2.45) is 4.99 Å². The summed E-state index contributed by atoms with van der Waals surface area (Å²) in [6, 6.07) is 5.82. The summed E-state index contributed by atoms with van der Waals surface area (Å²) in [5, 5.41) is 6.66. The number of nitrogens with one attached hydrogen (secondary N) is 2. The number of carbonyl (C=O) groups is 1. The zero-order valence-corrected chi connectivity index (χ0v) is 18.8. The number of esters is 1. The van der Waals surface area contributed by atoms with Gasteiger partial charge in [-0.25, -0.2) is 4.79 Å². The van der Waals surface area contributed by atoms with Crippen molar-refractivity contribution in [1.82, 2.24) is 10.6 Å². The maximum Gasteiger partial charge on any atom is 0.341 e. The molecular weight excluding hydrogens is 445 g/mol. The van der Waals surface area contributed by atoms with Crippen molar-refractivity contribution in [3.05, 3.63) is 29.3 Å². The molecule has 0 bridgehead atoms. The summed E-state index contributed by atoms with van der Waals surface area (Å²) in [6.45, 7) is 4.91. The topological polar surface area (TPSA) is 72.0 Å². The zero-order chi connectivity index (χ0) is 18.7. The predicted octanol–water partition coefficient (Wildman–Crippen LogP) is 3.73. The largest absolute Gasteiger partial charge is 0.496 e. The first-order chi connectivity index (χ1) is 12.0. The second kappa shape index (κ2) is 13.7. The molecule has 0 aliphatic heterocycles. The van der Waals surface area contributed by atoms with Gasteiger partial charge in [0, 0.05) is 19.6 Å². The molecule has 0 aliphatic carbocycles. The molecule has 1 aromatic rings. The molecule has 1 atom stereocenters. The van der Waals surface area contributed by atoms with E-state index in [1.54, 1.807) is 19.2 Å². The molecule has 1 aromatic carbocycles. The highest BCUT2D eigenvalue weighted by Gasteiger charge is 2.13. The molecule has 0 aromatic heterocycles. The van der Waals surface area contributed by atoms with Crippen molar-refractivity contribution in [3.63, 3.8) is 0 Å². The van der Waals surface area contributed by atoms with Crippen molar-refractivity contribution in [2.75, 3.05) is 21.3 Å². The van der Waals surface area contributed by atoms with E-state index in [1.807, 2.05) is 6.07 Å². The fraction of sp³-hybridized carbons (Fsp3) is 0.579. The van der Waals surface area contributed by atoms with Gasteiger partial charge in [-0.2, -0.15) is 0 Å². The van der Waals surface area contributed by atoms with Gasteiger partial charge >= 0.3 is 5.97 Å². The smallest absolute Gasteiger partial charge is 0.341 e. The van der Waals surface area contributed by atoms with Crippen LogP contribution in [0.4, 0.5) is 0 Å². The third kappa shape index (κ3) is 8.25. The number of aliphatic imine (C=N–C) groups is 1. The first-order valence-corrected chi connectivity index (χ1v) is 8.78. The Morgan fingerprint density at radius 2 is 2.00 bits per heavy atom. The molecule has 0 fully saturated rings. The van der Waals surface area contributed by atoms with Crippen LogP contribution in [0.3, 0.4) is 0 Å². The van der Waals surface area contributed by atoms with Crippen LogP contribution in [0, 0.1) is 0 Å². The van der Waals surface area contributed by atoms with E-state index in [-0.39, 0.29) is 24.0 Å². The highest BCUT2D eigenvalue weighted by Crippen LogP contribution is 2.20. The summed E-state index contributed by atoms with van der Waals surface area (Å²) in [5.74, 6) is 0.841. The number of unbranched alkanes of at least 4 members (excludes halogenated alkanes) is 2. The number of carbonyl (C=O) groups excluding carboxylic acids is 1. The molecule has 0 heterocycles. The first kappa shape index (κ1) is 24.5. The van der Waals surface area contributed by atoms with Crippen molar-refractivity contribution < 1.29 is 14.3 Å². The summed E-state index contributed by atoms with van der Waals surface area (Å²) in [7, 11) is 4.64. The van der Waals surface area contributed by atoms with E-state index in [1.165, 1.54) is 33.5 Å². The molecule has 1 unspecified atom stereocenters. The molecule has 0 radical (unpaired) electrons. The predicted molar refractivity (Wildman–Crippen MR) is 117 cm³/mol. The van der Waals surface area contributed by atoms with Gasteiger partial charge in [-0.3, -0.25) is 4.99 Å². The minimum Gasteiger partial charge on any atom is -0.496 e. The third-order valence-electron chi connectivity index (χ3n) is 3.98. The highest BCUT2D eigenvalue weighted by molar-refractivity contribution is 14.0. The number of ether oxygens (including phenoxy) is 2. The third-order valence-corrected chi connectivity index (χ3v) is 3.98. The van der Waals surface area contributed by atoms with E-state index >= 15 is 0 Å². The average Bonchev–Trinajstić information content (AvgIpc) is 2.64. The van der Waals surface area contributed by atoms with Crippen LogP contribution >= 0.6 is 24.0 Å². The summed E-state index contributed by atoms with van der Waals surface area (Å²) in [4.78, 5) is 16.1. The monoisotopic (exact) mass is 477 g/mol. The number of nitrogens with zero attached hydrogens (tertiary/aromatic N) is 1. The number of guanidine groups is 1. The van der Waals surface area contributed by atoms with Crippen LogP contribution < -0.4 is 15.4 Å². The molecule has 26 heavy (non-hydrogen) atoms. The highest BCUT2D eigenvalue weighted by atomic mass is 127. The molecule has 148 valence electrons. The lowest BCUT2D eigenvalue weighted by Gasteiger charge is -2.18. The van der Waals surface area contributed by atoms with E-state index in [0.29, 0.717) is 23.9 Å². The Morgan fingerprint density at radius 1 is 1.27 bits per heavy atom.